The molecule has 0 aliphatic carbocycles. The molecule has 2 aromatic rings. The summed E-state index contributed by atoms with van der Waals surface area (Å²) < 4.78 is 27.7. The number of carbonyl (C=O) groups excluding carboxylic acids is 1. The van der Waals surface area contributed by atoms with Crippen LogP contribution >= 0.6 is 27.3 Å². The molecule has 0 fully saturated rings. The lowest BCUT2D eigenvalue weighted by molar-refractivity contribution is 0.0776. The van der Waals surface area contributed by atoms with Crippen LogP contribution in [0.15, 0.2) is 22.8 Å². The first-order valence-corrected chi connectivity index (χ1v) is 7.30. The van der Waals surface area contributed by atoms with Crippen LogP contribution in [0.2, 0.25) is 0 Å². The van der Waals surface area contributed by atoms with Crippen LogP contribution in [0, 0.1) is 18.6 Å². The first-order valence-electron chi connectivity index (χ1n) is 5.70. The third-order valence-electron chi connectivity index (χ3n) is 2.63. The van der Waals surface area contributed by atoms with E-state index in [1.165, 1.54) is 23.3 Å². The van der Waals surface area contributed by atoms with Gasteiger partial charge in [0.2, 0.25) is 0 Å². The molecule has 0 radical (unpaired) electrons. The van der Waals surface area contributed by atoms with E-state index in [0.717, 1.165) is 22.0 Å². The zero-order valence-electron chi connectivity index (χ0n) is 10.8. The van der Waals surface area contributed by atoms with Crippen LogP contribution in [-0.2, 0) is 6.54 Å². The highest BCUT2D eigenvalue weighted by Gasteiger charge is 2.22. The highest BCUT2D eigenvalue weighted by atomic mass is 79.9. The van der Waals surface area contributed by atoms with Crippen LogP contribution in [0.3, 0.4) is 0 Å². The van der Waals surface area contributed by atoms with Gasteiger partial charge in [0.15, 0.2) is 0 Å². The Labute approximate surface area is 127 Å². The summed E-state index contributed by atoms with van der Waals surface area (Å²) in [6.45, 7) is 2.11. The predicted molar refractivity (Wildman–Crippen MR) is 76.7 cm³/mol. The standard InChI is InChI=1S/C13H11BrF2N2OS/c1-7-17-5-9(20-7)6-18(2)13(19)12-10(15)3-8(14)4-11(12)16/h3-5H,6H2,1-2H3. The fraction of sp³-hybridized carbons (Fsp3) is 0.231. The lowest BCUT2D eigenvalue weighted by Gasteiger charge is -2.17. The molecule has 0 N–H and O–H groups in total. The van der Waals surface area contributed by atoms with E-state index in [4.69, 9.17) is 0 Å². The van der Waals surface area contributed by atoms with Crippen LogP contribution in [0.25, 0.3) is 0 Å². The molecule has 0 atom stereocenters. The fourth-order valence-corrected chi connectivity index (χ4v) is 2.97. The van der Waals surface area contributed by atoms with Gasteiger partial charge in [-0.1, -0.05) is 15.9 Å². The Balaban J connectivity index is 2.23. The summed E-state index contributed by atoms with van der Waals surface area (Å²) in [5.74, 6) is -2.46. The minimum Gasteiger partial charge on any atom is -0.336 e. The average molecular weight is 361 g/mol. The molecule has 7 heteroatoms. The largest absolute Gasteiger partial charge is 0.336 e. The summed E-state index contributed by atoms with van der Waals surface area (Å²) in [5, 5.41) is 0.877. The van der Waals surface area contributed by atoms with Crippen molar-refractivity contribution in [2.24, 2.45) is 0 Å². The van der Waals surface area contributed by atoms with Gasteiger partial charge < -0.3 is 4.90 Å². The summed E-state index contributed by atoms with van der Waals surface area (Å²) in [6.07, 6.45) is 1.65. The third-order valence-corrected chi connectivity index (χ3v) is 3.98. The number of hydrogen-bond acceptors (Lipinski definition) is 3. The number of nitrogens with zero attached hydrogens (tertiary/aromatic N) is 2. The van der Waals surface area contributed by atoms with E-state index in [9.17, 15) is 13.6 Å². The van der Waals surface area contributed by atoms with Crippen LogP contribution in [0.5, 0.6) is 0 Å². The number of halogens is 3. The second kappa shape index (κ2) is 5.97. The monoisotopic (exact) mass is 360 g/mol. The molecule has 2 rings (SSSR count). The second-order valence-electron chi connectivity index (χ2n) is 4.25. The number of rotatable bonds is 3. The van der Waals surface area contributed by atoms with Gasteiger partial charge in [-0.2, -0.15) is 0 Å². The number of aryl methyl sites for hydroxylation is 1. The smallest absolute Gasteiger partial charge is 0.259 e. The Kier molecular flexibility index (Phi) is 4.49. The summed E-state index contributed by atoms with van der Waals surface area (Å²) in [7, 11) is 1.50. The van der Waals surface area contributed by atoms with Crippen molar-refractivity contribution in [3.63, 3.8) is 0 Å². The van der Waals surface area contributed by atoms with Gasteiger partial charge in [-0.05, 0) is 19.1 Å². The first-order chi connectivity index (χ1) is 9.38. The molecule has 0 aliphatic rings. The topological polar surface area (TPSA) is 33.2 Å². The van der Waals surface area contributed by atoms with E-state index in [1.54, 1.807) is 6.20 Å². The molecule has 1 aromatic carbocycles. The van der Waals surface area contributed by atoms with E-state index in [0.29, 0.717) is 0 Å². The molecule has 0 unspecified atom stereocenters. The molecule has 1 heterocycles. The van der Waals surface area contributed by atoms with Crippen LogP contribution in [-0.4, -0.2) is 22.8 Å². The lowest BCUT2D eigenvalue weighted by Crippen LogP contribution is -2.27. The van der Waals surface area contributed by atoms with Crippen molar-refractivity contribution < 1.29 is 13.6 Å². The minimum absolute atomic E-state index is 0.254. The first kappa shape index (κ1) is 15.1. The molecule has 0 saturated carbocycles. The average Bonchev–Trinajstić information content (AvgIpc) is 2.73. The Bertz CT molecular complexity index is 637. The second-order valence-corrected chi connectivity index (χ2v) is 6.49. The number of thiazole rings is 1. The van der Waals surface area contributed by atoms with E-state index in [-0.39, 0.29) is 11.0 Å². The third kappa shape index (κ3) is 3.21. The van der Waals surface area contributed by atoms with Crippen LogP contribution < -0.4 is 0 Å². The van der Waals surface area contributed by atoms with Crippen molar-refractivity contribution in [3.05, 3.63) is 49.9 Å². The van der Waals surface area contributed by atoms with Gasteiger partial charge in [-0.3, -0.25) is 4.79 Å². The van der Waals surface area contributed by atoms with Crippen molar-refractivity contribution in [2.75, 3.05) is 7.05 Å². The number of hydrogen-bond donors (Lipinski definition) is 0. The van der Waals surface area contributed by atoms with E-state index in [1.807, 2.05) is 6.92 Å². The highest BCUT2D eigenvalue weighted by Crippen LogP contribution is 2.22. The van der Waals surface area contributed by atoms with Gasteiger partial charge in [0, 0.05) is 22.6 Å². The van der Waals surface area contributed by atoms with Crippen LogP contribution in [0.4, 0.5) is 8.78 Å². The quantitative estimate of drug-likeness (QED) is 0.834. The van der Waals surface area contributed by atoms with Crippen molar-refractivity contribution in [1.29, 1.82) is 0 Å². The molecule has 0 aliphatic heterocycles. The molecular formula is C13H11BrF2N2OS. The minimum atomic E-state index is -0.880. The summed E-state index contributed by atoms with van der Waals surface area (Å²) in [6, 6.07) is 2.14. The number of amides is 1. The molecule has 0 bridgehead atoms. The van der Waals surface area contributed by atoms with Gasteiger partial charge >= 0.3 is 0 Å². The molecule has 20 heavy (non-hydrogen) atoms. The normalized spacial score (nSPS) is 10.7. The maximum Gasteiger partial charge on any atom is 0.259 e. The van der Waals surface area contributed by atoms with Crippen molar-refractivity contribution in [1.82, 2.24) is 9.88 Å². The maximum atomic E-state index is 13.7. The van der Waals surface area contributed by atoms with Crippen molar-refractivity contribution >= 4 is 33.2 Å². The van der Waals surface area contributed by atoms with Gasteiger partial charge in [0.1, 0.15) is 17.2 Å². The Hall–Kier alpha value is -1.34. The molecule has 0 saturated heterocycles. The lowest BCUT2D eigenvalue weighted by atomic mass is 10.1. The highest BCUT2D eigenvalue weighted by molar-refractivity contribution is 9.10. The molecular weight excluding hydrogens is 350 g/mol. The Morgan fingerprint density at radius 2 is 2.00 bits per heavy atom. The number of carbonyl (C=O) groups is 1. The number of aromatic nitrogens is 1. The molecule has 1 aromatic heterocycles. The van der Waals surface area contributed by atoms with E-state index >= 15 is 0 Å². The summed E-state index contributed by atoms with van der Waals surface area (Å²) in [5.41, 5.74) is -0.545. The molecule has 3 nitrogen and oxygen atoms in total. The van der Waals surface area contributed by atoms with Gasteiger partial charge in [-0.15, -0.1) is 11.3 Å². The fourth-order valence-electron chi connectivity index (χ4n) is 1.72. The summed E-state index contributed by atoms with van der Waals surface area (Å²) in [4.78, 5) is 18.3. The Morgan fingerprint density at radius 1 is 1.40 bits per heavy atom. The van der Waals surface area contributed by atoms with Gasteiger partial charge in [-0.25, -0.2) is 13.8 Å². The molecule has 106 valence electrons. The number of benzene rings is 1. The van der Waals surface area contributed by atoms with Crippen molar-refractivity contribution in [3.8, 4) is 0 Å². The Morgan fingerprint density at radius 3 is 2.50 bits per heavy atom. The molecule has 0 spiro atoms. The van der Waals surface area contributed by atoms with E-state index < -0.39 is 23.1 Å². The summed E-state index contributed by atoms with van der Waals surface area (Å²) >= 11 is 4.42. The SMILES string of the molecule is Cc1ncc(CN(C)C(=O)c2c(F)cc(Br)cc2F)s1. The zero-order chi connectivity index (χ0) is 14.9. The van der Waals surface area contributed by atoms with Crippen molar-refractivity contribution in [2.45, 2.75) is 13.5 Å². The predicted octanol–water partition coefficient (Wildman–Crippen LogP) is 3.76. The van der Waals surface area contributed by atoms with E-state index in [2.05, 4.69) is 20.9 Å². The van der Waals surface area contributed by atoms with Gasteiger partial charge in [0.25, 0.3) is 5.91 Å². The zero-order valence-corrected chi connectivity index (χ0v) is 13.2. The molecule has 1 amide bonds. The maximum absolute atomic E-state index is 13.7. The van der Waals surface area contributed by atoms with Gasteiger partial charge in [0.05, 0.1) is 11.6 Å². The van der Waals surface area contributed by atoms with Crippen LogP contribution in [0.1, 0.15) is 20.2 Å².